The molecule has 2 aromatic carbocycles. The Balaban J connectivity index is 1.24. The molecule has 0 aliphatic carbocycles. The van der Waals surface area contributed by atoms with Crippen molar-refractivity contribution in [3.05, 3.63) is 64.7 Å². The number of ether oxygens (including phenoxy) is 2. The lowest BCUT2D eigenvalue weighted by atomic mass is 9.95. The van der Waals surface area contributed by atoms with Gasteiger partial charge >= 0.3 is 0 Å². The first kappa shape index (κ1) is 28.4. The number of β-amino-alcohol motifs (C(OH)–C–C–N with tert-alkyl or cyclic N) is 1. The maximum Gasteiger partial charge on any atom is 0.131 e. The Bertz CT molecular complexity index is 1180. The summed E-state index contributed by atoms with van der Waals surface area (Å²) in [7, 11) is 1.90. The highest BCUT2D eigenvalue weighted by Crippen LogP contribution is 2.35. The Kier molecular flexibility index (Phi) is 10.5. The van der Waals surface area contributed by atoms with Crippen LogP contribution in [0.3, 0.4) is 0 Å². The van der Waals surface area contributed by atoms with Crippen molar-refractivity contribution in [2.75, 3.05) is 45.9 Å². The molecule has 0 radical (unpaired) electrons. The number of benzene rings is 2. The Hall–Kier alpha value is -2.58. The van der Waals surface area contributed by atoms with Gasteiger partial charge in [-0.15, -0.1) is 0 Å². The van der Waals surface area contributed by atoms with Crippen molar-refractivity contribution in [2.24, 2.45) is 7.05 Å². The fourth-order valence-electron chi connectivity index (χ4n) is 4.95. The minimum absolute atomic E-state index is 0.169. The number of aliphatic hydroxyl groups excluding tert-OH is 1. The number of aryl methyl sites for hydroxylation is 1. The van der Waals surface area contributed by atoms with Crippen LogP contribution in [0, 0.1) is 13.8 Å². The van der Waals surface area contributed by atoms with Crippen molar-refractivity contribution in [1.82, 2.24) is 19.8 Å². The van der Waals surface area contributed by atoms with Crippen LogP contribution >= 0.6 is 11.6 Å². The van der Waals surface area contributed by atoms with Gasteiger partial charge in [-0.05, 0) is 74.0 Å². The number of nitrogens with zero attached hydrogens (tertiary/aromatic N) is 3. The van der Waals surface area contributed by atoms with Crippen molar-refractivity contribution < 1.29 is 14.6 Å². The van der Waals surface area contributed by atoms with Gasteiger partial charge in [0.1, 0.15) is 16.7 Å². The fourth-order valence-corrected chi connectivity index (χ4v) is 5.14. The third-order valence-electron chi connectivity index (χ3n) is 7.21. The average Bonchev–Trinajstić information content (AvgIpc) is 3.47. The van der Waals surface area contributed by atoms with Crippen molar-refractivity contribution in [3.63, 3.8) is 0 Å². The summed E-state index contributed by atoms with van der Waals surface area (Å²) in [6, 6.07) is 12.5. The zero-order valence-corrected chi connectivity index (χ0v) is 23.6. The highest BCUT2D eigenvalue weighted by molar-refractivity contribution is 6.30. The van der Waals surface area contributed by atoms with E-state index < -0.39 is 0 Å². The van der Waals surface area contributed by atoms with Gasteiger partial charge in [0, 0.05) is 39.6 Å². The SMILES string of the molecule is Cc1c(OCCCNCCc2ncn(C)c2Cl)cccc1-c1cccc(OCCCN2CC[C@@H](O)C2)c1C. The van der Waals surface area contributed by atoms with Gasteiger partial charge in [-0.25, -0.2) is 4.98 Å². The maximum absolute atomic E-state index is 9.70. The molecular weight excluding hydrogens is 500 g/mol. The molecule has 3 aromatic rings. The summed E-state index contributed by atoms with van der Waals surface area (Å²) in [5.41, 5.74) is 5.54. The van der Waals surface area contributed by atoms with E-state index in [-0.39, 0.29) is 6.10 Å². The predicted molar refractivity (Wildman–Crippen MR) is 153 cm³/mol. The highest BCUT2D eigenvalue weighted by atomic mass is 35.5. The molecule has 2 heterocycles. The lowest BCUT2D eigenvalue weighted by Gasteiger charge is -2.18. The highest BCUT2D eigenvalue weighted by Gasteiger charge is 2.19. The molecule has 206 valence electrons. The minimum atomic E-state index is -0.169. The lowest BCUT2D eigenvalue weighted by Crippen LogP contribution is -2.24. The van der Waals surface area contributed by atoms with Crippen molar-refractivity contribution in [3.8, 4) is 22.6 Å². The number of aromatic nitrogens is 2. The van der Waals surface area contributed by atoms with Crippen LogP contribution in [0.4, 0.5) is 0 Å². The van der Waals surface area contributed by atoms with Gasteiger partial charge < -0.3 is 29.4 Å². The van der Waals surface area contributed by atoms with Crippen molar-refractivity contribution >= 4 is 11.6 Å². The van der Waals surface area contributed by atoms with E-state index in [1.54, 1.807) is 6.33 Å². The normalized spacial score (nSPS) is 15.8. The summed E-state index contributed by atoms with van der Waals surface area (Å²) in [5.74, 6) is 1.84. The first-order chi connectivity index (χ1) is 18.4. The number of hydrogen-bond acceptors (Lipinski definition) is 6. The van der Waals surface area contributed by atoms with Crippen molar-refractivity contribution in [2.45, 2.75) is 45.6 Å². The second-order valence-electron chi connectivity index (χ2n) is 10.1. The van der Waals surface area contributed by atoms with Gasteiger partial charge in [0.15, 0.2) is 0 Å². The molecule has 1 saturated heterocycles. The Morgan fingerprint density at radius 1 is 1.00 bits per heavy atom. The first-order valence-electron chi connectivity index (χ1n) is 13.7. The van der Waals surface area contributed by atoms with Gasteiger partial charge in [0.25, 0.3) is 0 Å². The molecule has 0 amide bonds. The fraction of sp³-hybridized carbons (Fsp3) is 0.500. The summed E-state index contributed by atoms with van der Waals surface area (Å²) < 4.78 is 14.2. The zero-order chi connectivity index (χ0) is 26.9. The van der Waals surface area contributed by atoms with Crippen LogP contribution in [0.25, 0.3) is 11.1 Å². The van der Waals surface area contributed by atoms with Gasteiger partial charge in [-0.2, -0.15) is 0 Å². The van der Waals surface area contributed by atoms with Gasteiger partial charge in [-0.3, -0.25) is 0 Å². The summed E-state index contributed by atoms with van der Waals surface area (Å²) in [5, 5.41) is 13.8. The average molecular weight is 541 g/mol. The molecule has 7 nitrogen and oxygen atoms in total. The minimum Gasteiger partial charge on any atom is -0.493 e. The van der Waals surface area contributed by atoms with Crippen LogP contribution < -0.4 is 14.8 Å². The van der Waals surface area contributed by atoms with Crippen LogP contribution in [0.1, 0.15) is 36.1 Å². The van der Waals surface area contributed by atoms with E-state index in [1.165, 1.54) is 11.1 Å². The number of hydrogen-bond donors (Lipinski definition) is 2. The monoisotopic (exact) mass is 540 g/mol. The molecule has 38 heavy (non-hydrogen) atoms. The van der Waals surface area contributed by atoms with Crippen LogP contribution in [0.15, 0.2) is 42.7 Å². The molecule has 0 saturated carbocycles. The Morgan fingerprint density at radius 3 is 2.24 bits per heavy atom. The number of rotatable bonds is 14. The standard InChI is InChI=1S/C30H41ClN4O3/c1-22-25(26-9-5-11-29(23(26)2)38-19-7-16-35-17-13-24(36)20-35)8-4-10-28(22)37-18-6-14-32-15-12-27-30(31)34(3)21-33-27/h4-5,8-11,21,24,32,36H,6-7,12-20H2,1-3H3/t24-/m1/s1. The molecule has 4 rings (SSSR count). The number of nitrogens with one attached hydrogen (secondary N) is 1. The first-order valence-corrected chi connectivity index (χ1v) is 14.0. The van der Waals surface area contributed by atoms with E-state index in [9.17, 15) is 5.11 Å². The molecule has 8 heteroatoms. The lowest BCUT2D eigenvalue weighted by molar-refractivity contribution is 0.173. The van der Waals surface area contributed by atoms with Gasteiger partial charge in [0.05, 0.1) is 31.3 Å². The van der Waals surface area contributed by atoms with E-state index in [4.69, 9.17) is 21.1 Å². The van der Waals surface area contributed by atoms with Crippen LogP contribution in [0.5, 0.6) is 11.5 Å². The van der Waals surface area contributed by atoms with Crippen molar-refractivity contribution in [1.29, 1.82) is 0 Å². The van der Waals surface area contributed by atoms with Crippen LogP contribution in [-0.2, 0) is 13.5 Å². The maximum atomic E-state index is 9.70. The van der Waals surface area contributed by atoms with Crippen LogP contribution in [-0.4, -0.2) is 71.6 Å². The van der Waals surface area contributed by atoms with E-state index in [0.29, 0.717) is 18.4 Å². The molecule has 0 bridgehead atoms. The summed E-state index contributed by atoms with van der Waals surface area (Å²) in [6.45, 7) is 10.00. The number of likely N-dealkylation sites (tertiary alicyclic amines) is 1. The molecule has 1 fully saturated rings. The topological polar surface area (TPSA) is 71.8 Å². The quantitative estimate of drug-likeness (QED) is 0.286. The number of aliphatic hydroxyl groups is 1. The zero-order valence-electron chi connectivity index (χ0n) is 22.9. The summed E-state index contributed by atoms with van der Waals surface area (Å²) in [4.78, 5) is 6.63. The molecule has 0 unspecified atom stereocenters. The molecule has 2 N–H and O–H groups in total. The van der Waals surface area contributed by atoms with E-state index in [2.05, 4.69) is 53.3 Å². The largest absolute Gasteiger partial charge is 0.493 e. The molecule has 1 aliphatic heterocycles. The van der Waals surface area contributed by atoms with E-state index in [0.717, 1.165) is 86.7 Å². The second kappa shape index (κ2) is 14.0. The van der Waals surface area contributed by atoms with E-state index >= 15 is 0 Å². The molecular formula is C30H41ClN4O3. The third-order valence-corrected chi connectivity index (χ3v) is 7.70. The molecule has 1 aliphatic rings. The molecule has 0 spiro atoms. The second-order valence-corrected chi connectivity index (χ2v) is 10.5. The Labute approximate surface area is 231 Å². The number of imidazole rings is 1. The smallest absolute Gasteiger partial charge is 0.131 e. The van der Waals surface area contributed by atoms with E-state index in [1.807, 2.05) is 23.7 Å². The number of halogens is 1. The molecule has 1 atom stereocenters. The van der Waals surface area contributed by atoms with Crippen LogP contribution in [0.2, 0.25) is 5.15 Å². The predicted octanol–water partition coefficient (Wildman–Crippen LogP) is 4.79. The summed E-state index contributed by atoms with van der Waals surface area (Å²) >= 11 is 6.22. The Morgan fingerprint density at radius 2 is 1.66 bits per heavy atom. The third kappa shape index (κ3) is 7.50. The molecule has 1 aromatic heterocycles. The van der Waals surface area contributed by atoms with Gasteiger partial charge in [-0.1, -0.05) is 35.9 Å². The summed E-state index contributed by atoms with van der Waals surface area (Å²) in [6.07, 6.45) is 5.13. The van der Waals surface area contributed by atoms with Gasteiger partial charge in [0.2, 0.25) is 0 Å².